The van der Waals surface area contributed by atoms with Gasteiger partial charge in [0, 0.05) is 43.4 Å². The summed E-state index contributed by atoms with van der Waals surface area (Å²) >= 11 is 0. The number of nitro benzene ring substituents is 1. The first kappa shape index (κ1) is 27.0. The van der Waals surface area contributed by atoms with Crippen molar-refractivity contribution in [2.75, 3.05) is 12.4 Å². The molecule has 2 aliphatic carbocycles. The number of hydrogen-bond donors (Lipinski definition) is 1. The third kappa shape index (κ3) is 5.54. The Morgan fingerprint density at radius 2 is 1.24 bits per heavy atom. The van der Waals surface area contributed by atoms with E-state index in [0.717, 1.165) is 11.1 Å². The number of ether oxygens (including phenoxy) is 3. The molecule has 0 fully saturated rings. The van der Waals surface area contributed by atoms with Crippen LogP contribution in [0.25, 0.3) is 0 Å². The van der Waals surface area contributed by atoms with Gasteiger partial charge in [-0.05, 0) is 46.5 Å². The zero-order chi connectivity index (χ0) is 29.2. The maximum Gasteiger partial charge on any atom is 0.337 e. The monoisotopic (exact) mass is 564 g/mol. The number of amides is 1. The van der Waals surface area contributed by atoms with Crippen molar-refractivity contribution in [3.05, 3.63) is 128 Å². The van der Waals surface area contributed by atoms with Crippen LogP contribution in [-0.2, 0) is 30.4 Å². The number of fused-ring (bicyclic) bond motifs is 2. The van der Waals surface area contributed by atoms with E-state index in [2.05, 4.69) is 17.4 Å². The summed E-state index contributed by atoms with van der Waals surface area (Å²) in [6, 6.07) is 24.8. The van der Waals surface area contributed by atoms with Crippen LogP contribution in [0, 0.1) is 10.1 Å². The molecule has 0 aliphatic heterocycles. The van der Waals surface area contributed by atoms with E-state index in [1.807, 2.05) is 36.4 Å². The highest BCUT2D eigenvalue weighted by Gasteiger charge is 2.28. The van der Waals surface area contributed by atoms with Gasteiger partial charge in [0.1, 0.15) is 18.0 Å². The Labute approximate surface area is 242 Å². The molecule has 0 heterocycles. The van der Waals surface area contributed by atoms with Gasteiger partial charge >= 0.3 is 11.7 Å². The predicted molar refractivity (Wildman–Crippen MR) is 155 cm³/mol. The van der Waals surface area contributed by atoms with Crippen LogP contribution in [0.1, 0.15) is 43.0 Å². The number of benzene rings is 4. The fourth-order valence-corrected chi connectivity index (χ4v) is 5.63. The minimum Gasteiger partial charge on any atom is -0.488 e. The quantitative estimate of drug-likeness (QED) is 0.165. The number of nitro groups is 1. The molecule has 0 bridgehead atoms. The van der Waals surface area contributed by atoms with Crippen molar-refractivity contribution in [3.8, 4) is 11.5 Å². The lowest BCUT2D eigenvalue weighted by Crippen LogP contribution is -2.20. The minimum absolute atomic E-state index is 0.0340. The Morgan fingerprint density at radius 3 is 1.76 bits per heavy atom. The lowest BCUT2D eigenvalue weighted by Gasteiger charge is -2.18. The molecule has 0 radical (unpaired) electrons. The van der Waals surface area contributed by atoms with Gasteiger partial charge in [-0.25, -0.2) is 4.79 Å². The van der Waals surface area contributed by atoms with Gasteiger partial charge in [0.05, 0.1) is 23.3 Å². The van der Waals surface area contributed by atoms with E-state index in [1.54, 1.807) is 18.2 Å². The second kappa shape index (κ2) is 11.4. The highest BCUT2D eigenvalue weighted by Crippen LogP contribution is 2.35. The van der Waals surface area contributed by atoms with Crippen LogP contribution in [0.2, 0.25) is 0 Å². The van der Waals surface area contributed by atoms with E-state index >= 15 is 0 Å². The first-order valence-corrected chi connectivity index (χ1v) is 13.7. The number of anilines is 1. The molecule has 1 N–H and O–H groups in total. The largest absolute Gasteiger partial charge is 0.488 e. The maximum atomic E-state index is 13.4. The van der Waals surface area contributed by atoms with Gasteiger partial charge in [-0.3, -0.25) is 14.9 Å². The van der Waals surface area contributed by atoms with E-state index in [9.17, 15) is 19.7 Å². The SMILES string of the molecule is COC(=O)c1ccc(NC(=O)c2ccc([N+](=O)[O-])c(OC3Cc4ccccc4C3)c2)c(OC2Cc3ccccc3C2)c1. The van der Waals surface area contributed by atoms with Gasteiger partial charge in [0.15, 0.2) is 5.75 Å². The molecule has 6 rings (SSSR count). The standard InChI is InChI=1S/C33H28N2O7/c1-40-33(37)25-10-12-28(30(19-25)41-26-14-20-6-2-3-7-21(20)15-26)34-32(36)24-11-13-29(35(38)39)31(18-24)42-27-16-22-8-4-5-9-23(22)17-27/h2-13,18-19,26-27H,14-17H2,1H3,(H,34,36). The molecule has 1 amide bonds. The zero-order valence-corrected chi connectivity index (χ0v) is 22.9. The highest BCUT2D eigenvalue weighted by atomic mass is 16.6. The molecular formula is C33H28N2O7. The van der Waals surface area contributed by atoms with Crippen LogP contribution < -0.4 is 14.8 Å². The number of carbonyl (C=O) groups excluding carboxylic acids is 2. The zero-order valence-electron chi connectivity index (χ0n) is 22.9. The van der Waals surface area contributed by atoms with Crippen LogP contribution in [0.15, 0.2) is 84.9 Å². The van der Waals surface area contributed by atoms with Crippen molar-refractivity contribution in [1.82, 2.24) is 0 Å². The molecular weight excluding hydrogens is 536 g/mol. The highest BCUT2D eigenvalue weighted by molar-refractivity contribution is 6.06. The molecule has 212 valence electrons. The lowest BCUT2D eigenvalue weighted by molar-refractivity contribution is -0.386. The Bertz CT molecular complexity index is 1650. The summed E-state index contributed by atoms with van der Waals surface area (Å²) < 4.78 is 17.3. The molecule has 9 heteroatoms. The number of methoxy groups -OCH3 is 1. The molecule has 0 aromatic heterocycles. The second-order valence-corrected chi connectivity index (χ2v) is 10.4. The fourth-order valence-electron chi connectivity index (χ4n) is 5.63. The van der Waals surface area contributed by atoms with E-state index in [1.165, 1.54) is 36.4 Å². The molecule has 0 unspecified atom stereocenters. The van der Waals surface area contributed by atoms with Crippen molar-refractivity contribution < 1.29 is 28.7 Å². The molecule has 4 aromatic rings. The third-order valence-corrected chi connectivity index (χ3v) is 7.68. The average molecular weight is 565 g/mol. The van der Waals surface area contributed by atoms with E-state index in [-0.39, 0.29) is 34.8 Å². The van der Waals surface area contributed by atoms with Crippen molar-refractivity contribution in [2.45, 2.75) is 37.9 Å². The van der Waals surface area contributed by atoms with Gasteiger partial charge in [0.2, 0.25) is 0 Å². The molecule has 2 aliphatic rings. The van der Waals surface area contributed by atoms with Crippen LogP contribution in [0.3, 0.4) is 0 Å². The fraction of sp³-hybridized carbons (Fsp3) is 0.212. The van der Waals surface area contributed by atoms with E-state index in [0.29, 0.717) is 37.1 Å². The number of rotatable bonds is 8. The van der Waals surface area contributed by atoms with Crippen molar-refractivity contribution in [2.24, 2.45) is 0 Å². The first-order valence-electron chi connectivity index (χ1n) is 13.7. The van der Waals surface area contributed by atoms with Crippen LogP contribution in [-0.4, -0.2) is 36.1 Å². The molecule has 0 atom stereocenters. The Morgan fingerprint density at radius 1 is 0.738 bits per heavy atom. The summed E-state index contributed by atoms with van der Waals surface area (Å²) in [7, 11) is 1.30. The summed E-state index contributed by atoms with van der Waals surface area (Å²) in [5.41, 5.74) is 5.29. The predicted octanol–water partition coefficient (Wildman–Crippen LogP) is 5.73. The number of hydrogen-bond acceptors (Lipinski definition) is 7. The van der Waals surface area contributed by atoms with Gasteiger partial charge in [0.25, 0.3) is 5.91 Å². The topological polar surface area (TPSA) is 117 Å². The first-order chi connectivity index (χ1) is 20.4. The summed E-state index contributed by atoms with van der Waals surface area (Å²) in [6.45, 7) is 0. The van der Waals surface area contributed by atoms with E-state index in [4.69, 9.17) is 14.2 Å². The van der Waals surface area contributed by atoms with Gasteiger partial charge in [-0.1, -0.05) is 48.5 Å². The second-order valence-electron chi connectivity index (χ2n) is 10.4. The van der Waals surface area contributed by atoms with Crippen LogP contribution in [0.5, 0.6) is 11.5 Å². The maximum absolute atomic E-state index is 13.4. The number of nitrogens with one attached hydrogen (secondary N) is 1. The van der Waals surface area contributed by atoms with Crippen molar-refractivity contribution in [3.63, 3.8) is 0 Å². The normalized spacial score (nSPS) is 14.1. The molecule has 4 aromatic carbocycles. The summed E-state index contributed by atoms with van der Waals surface area (Å²) in [4.78, 5) is 36.9. The van der Waals surface area contributed by atoms with Gasteiger partial charge < -0.3 is 19.5 Å². The molecule has 0 saturated heterocycles. The Balaban J connectivity index is 1.24. The number of nitrogens with zero attached hydrogens (tertiary/aromatic N) is 1. The smallest absolute Gasteiger partial charge is 0.337 e. The van der Waals surface area contributed by atoms with Crippen LogP contribution in [0.4, 0.5) is 11.4 Å². The molecule has 42 heavy (non-hydrogen) atoms. The summed E-state index contributed by atoms with van der Waals surface area (Å²) in [5.74, 6) is -0.675. The Kier molecular flexibility index (Phi) is 7.31. The summed E-state index contributed by atoms with van der Waals surface area (Å²) in [5, 5.41) is 14.6. The molecule has 0 spiro atoms. The van der Waals surface area contributed by atoms with Crippen molar-refractivity contribution in [1.29, 1.82) is 0 Å². The third-order valence-electron chi connectivity index (χ3n) is 7.68. The Hall–Kier alpha value is -5.18. The number of esters is 1. The van der Waals surface area contributed by atoms with Crippen LogP contribution >= 0.6 is 0 Å². The lowest BCUT2D eigenvalue weighted by atomic mass is 10.1. The molecule has 9 nitrogen and oxygen atoms in total. The summed E-state index contributed by atoms with van der Waals surface area (Å²) in [6.07, 6.45) is 2.19. The average Bonchev–Trinajstić information content (AvgIpc) is 3.60. The minimum atomic E-state index is -0.529. The number of carbonyl (C=O) groups is 2. The van der Waals surface area contributed by atoms with Gasteiger partial charge in [-0.15, -0.1) is 0 Å². The van der Waals surface area contributed by atoms with E-state index < -0.39 is 16.8 Å². The molecule has 0 saturated carbocycles. The van der Waals surface area contributed by atoms with Crippen molar-refractivity contribution >= 4 is 23.3 Å². The van der Waals surface area contributed by atoms with Gasteiger partial charge in [-0.2, -0.15) is 0 Å².